The molecule has 1 aromatic heterocycles. The second kappa shape index (κ2) is 10.1. The summed E-state index contributed by atoms with van der Waals surface area (Å²) in [4.78, 5) is 21.0. The Morgan fingerprint density at radius 1 is 1.24 bits per heavy atom. The Kier molecular flexibility index (Phi) is 7.26. The molecule has 3 rings (SSSR count). The average molecular weight is 399 g/mol. The van der Waals surface area contributed by atoms with Gasteiger partial charge in [-0.15, -0.1) is 0 Å². The first kappa shape index (κ1) is 20.9. The van der Waals surface area contributed by atoms with Gasteiger partial charge in [-0.1, -0.05) is 0 Å². The maximum absolute atomic E-state index is 12.7. The van der Waals surface area contributed by atoms with Crippen LogP contribution in [-0.2, 0) is 4.74 Å². The van der Waals surface area contributed by atoms with Crippen molar-refractivity contribution in [2.24, 2.45) is 0 Å². The van der Waals surface area contributed by atoms with Gasteiger partial charge in [0.2, 0.25) is 0 Å². The molecular weight excluding hydrogens is 370 g/mol. The molecule has 0 radical (unpaired) electrons. The first-order chi connectivity index (χ1) is 14.1. The van der Waals surface area contributed by atoms with Gasteiger partial charge in [0.25, 0.3) is 0 Å². The Morgan fingerprint density at radius 3 is 2.62 bits per heavy atom. The number of pyridine rings is 1. The normalized spacial score (nSPS) is 15.1. The topological polar surface area (TPSA) is 79.0 Å². The predicted octanol–water partition coefficient (Wildman–Crippen LogP) is 2.35. The van der Waals surface area contributed by atoms with Crippen molar-refractivity contribution >= 4 is 17.4 Å². The second-order valence-corrected chi connectivity index (χ2v) is 7.08. The van der Waals surface area contributed by atoms with Gasteiger partial charge in [-0.05, 0) is 43.9 Å². The van der Waals surface area contributed by atoms with Gasteiger partial charge >= 0.3 is 6.03 Å². The first-order valence-electron chi connectivity index (χ1n) is 9.70. The summed E-state index contributed by atoms with van der Waals surface area (Å²) in [5.74, 6) is 0.695. The molecule has 156 valence electrons. The number of carbonyl (C=O) groups is 1. The molecule has 8 heteroatoms. The third-order valence-corrected chi connectivity index (χ3v) is 4.97. The van der Waals surface area contributed by atoms with E-state index in [1.54, 1.807) is 19.5 Å². The molecule has 2 heterocycles. The lowest BCUT2D eigenvalue weighted by Gasteiger charge is -2.31. The van der Waals surface area contributed by atoms with Crippen LogP contribution in [-0.4, -0.2) is 70.0 Å². The summed E-state index contributed by atoms with van der Waals surface area (Å²) in [5, 5.41) is 5.97. The molecule has 8 nitrogen and oxygen atoms in total. The van der Waals surface area contributed by atoms with E-state index in [1.165, 1.54) is 0 Å². The van der Waals surface area contributed by atoms with Crippen molar-refractivity contribution in [2.45, 2.75) is 6.04 Å². The van der Waals surface area contributed by atoms with E-state index < -0.39 is 0 Å². The molecule has 1 aliphatic rings. The first-order valence-corrected chi connectivity index (χ1v) is 9.70. The van der Waals surface area contributed by atoms with Gasteiger partial charge in [-0.2, -0.15) is 0 Å². The molecule has 1 atom stereocenters. The van der Waals surface area contributed by atoms with Crippen molar-refractivity contribution in [2.75, 3.05) is 64.3 Å². The van der Waals surface area contributed by atoms with E-state index in [-0.39, 0.29) is 12.1 Å². The highest BCUT2D eigenvalue weighted by Gasteiger charge is 2.19. The lowest BCUT2D eigenvalue weighted by atomic mass is 10.1. The highest BCUT2D eigenvalue weighted by atomic mass is 16.5. The molecule has 0 spiro atoms. The van der Waals surface area contributed by atoms with Crippen molar-refractivity contribution in [1.82, 2.24) is 15.2 Å². The zero-order valence-corrected chi connectivity index (χ0v) is 17.2. The van der Waals surface area contributed by atoms with Gasteiger partial charge in [-0.25, -0.2) is 4.79 Å². The van der Waals surface area contributed by atoms with Gasteiger partial charge in [0.05, 0.1) is 37.7 Å². The van der Waals surface area contributed by atoms with Crippen LogP contribution in [0.3, 0.4) is 0 Å². The highest BCUT2D eigenvalue weighted by Crippen LogP contribution is 2.31. The number of nitrogens with one attached hydrogen (secondary N) is 2. The lowest BCUT2D eigenvalue weighted by molar-refractivity contribution is 0.123. The number of nitrogens with zero attached hydrogens (tertiary/aromatic N) is 3. The van der Waals surface area contributed by atoms with Gasteiger partial charge in [0.15, 0.2) is 0 Å². The molecule has 1 aliphatic heterocycles. The number of morpholine rings is 1. The predicted molar refractivity (Wildman–Crippen MR) is 114 cm³/mol. The summed E-state index contributed by atoms with van der Waals surface area (Å²) < 4.78 is 10.8. The fraction of sp³-hybridized carbons (Fsp3) is 0.429. The summed E-state index contributed by atoms with van der Waals surface area (Å²) in [5.41, 5.74) is 2.78. The number of likely N-dealkylation sites (N-methyl/N-ethyl adjacent to an activating group) is 1. The van der Waals surface area contributed by atoms with Crippen LogP contribution in [0, 0.1) is 0 Å². The van der Waals surface area contributed by atoms with E-state index in [4.69, 9.17) is 9.47 Å². The lowest BCUT2D eigenvalue weighted by Crippen LogP contribution is -2.38. The van der Waals surface area contributed by atoms with Gasteiger partial charge in [0.1, 0.15) is 5.75 Å². The summed E-state index contributed by atoms with van der Waals surface area (Å²) in [6.45, 7) is 3.39. The van der Waals surface area contributed by atoms with Crippen LogP contribution < -0.4 is 20.3 Å². The number of methoxy groups -OCH3 is 1. The number of carbonyl (C=O) groups excluding carboxylic acids is 1. The van der Waals surface area contributed by atoms with Crippen LogP contribution in [0.15, 0.2) is 42.7 Å². The number of benzene rings is 1. The number of hydrogen-bond acceptors (Lipinski definition) is 6. The number of aromatic nitrogens is 1. The average Bonchev–Trinajstić information content (AvgIpc) is 2.75. The van der Waals surface area contributed by atoms with E-state index >= 15 is 0 Å². The molecule has 0 bridgehead atoms. The number of anilines is 2. The van der Waals surface area contributed by atoms with Crippen LogP contribution in [0.25, 0.3) is 0 Å². The van der Waals surface area contributed by atoms with Gasteiger partial charge < -0.3 is 29.9 Å². The molecule has 29 heavy (non-hydrogen) atoms. The maximum Gasteiger partial charge on any atom is 0.319 e. The summed E-state index contributed by atoms with van der Waals surface area (Å²) >= 11 is 0. The van der Waals surface area contributed by atoms with Gasteiger partial charge in [-0.3, -0.25) is 4.98 Å². The van der Waals surface area contributed by atoms with Crippen molar-refractivity contribution < 1.29 is 14.3 Å². The molecule has 0 saturated carbocycles. The van der Waals surface area contributed by atoms with E-state index in [1.807, 2.05) is 44.4 Å². The SMILES string of the molecule is COc1ccc(N2CCOCC2)c(NC(=O)NCC(c2ccncc2)N(C)C)c1. The largest absolute Gasteiger partial charge is 0.497 e. The van der Waals surface area contributed by atoms with Crippen LogP contribution in [0.1, 0.15) is 11.6 Å². The smallest absolute Gasteiger partial charge is 0.319 e. The zero-order chi connectivity index (χ0) is 20.6. The summed E-state index contributed by atoms with van der Waals surface area (Å²) in [7, 11) is 5.59. The fourth-order valence-electron chi connectivity index (χ4n) is 3.36. The highest BCUT2D eigenvalue weighted by molar-refractivity contribution is 5.93. The third-order valence-electron chi connectivity index (χ3n) is 4.97. The molecule has 1 aromatic carbocycles. The Labute approximate surface area is 171 Å². The maximum atomic E-state index is 12.7. The van der Waals surface area contributed by atoms with E-state index in [9.17, 15) is 4.79 Å². The van der Waals surface area contributed by atoms with Crippen LogP contribution in [0.5, 0.6) is 5.75 Å². The molecule has 2 N–H and O–H groups in total. The van der Waals surface area contributed by atoms with E-state index in [0.29, 0.717) is 31.2 Å². The van der Waals surface area contributed by atoms with E-state index in [0.717, 1.165) is 24.3 Å². The summed E-state index contributed by atoms with van der Waals surface area (Å²) in [6, 6.07) is 9.43. The number of ether oxygens (including phenoxy) is 2. The Balaban J connectivity index is 1.69. The molecular formula is C21H29N5O3. The molecule has 2 aromatic rings. The third kappa shape index (κ3) is 5.58. The van der Waals surface area contributed by atoms with Crippen LogP contribution >= 0.6 is 0 Å². The number of hydrogen-bond donors (Lipinski definition) is 2. The molecule has 1 unspecified atom stereocenters. The zero-order valence-electron chi connectivity index (χ0n) is 17.2. The quantitative estimate of drug-likeness (QED) is 0.744. The fourth-order valence-corrected chi connectivity index (χ4v) is 3.36. The van der Waals surface area contributed by atoms with Crippen LogP contribution in [0.4, 0.5) is 16.2 Å². The molecule has 2 amide bonds. The van der Waals surface area contributed by atoms with E-state index in [2.05, 4.69) is 25.4 Å². The van der Waals surface area contributed by atoms with Gasteiger partial charge in [0, 0.05) is 38.1 Å². The minimum atomic E-state index is -0.256. The Bertz CT molecular complexity index is 794. The van der Waals surface area contributed by atoms with Crippen molar-refractivity contribution in [3.8, 4) is 5.75 Å². The number of rotatable bonds is 7. The molecule has 1 fully saturated rings. The number of urea groups is 1. The Hall–Kier alpha value is -2.84. The summed E-state index contributed by atoms with van der Waals surface area (Å²) in [6.07, 6.45) is 3.52. The van der Waals surface area contributed by atoms with Crippen molar-refractivity contribution in [3.63, 3.8) is 0 Å². The second-order valence-electron chi connectivity index (χ2n) is 7.08. The number of amides is 2. The van der Waals surface area contributed by atoms with Crippen molar-refractivity contribution in [1.29, 1.82) is 0 Å². The minimum Gasteiger partial charge on any atom is -0.497 e. The van der Waals surface area contributed by atoms with Crippen molar-refractivity contribution in [3.05, 3.63) is 48.3 Å². The molecule has 1 saturated heterocycles. The minimum absolute atomic E-state index is 0.0489. The standard InChI is InChI=1S/C21H29N5O3/c1-25(2)20(16-6-8-22-9-7-16)15-23-21(27)24-18-14-17(28-3)4-5-19(18)26-10-12-29-13-11-26/h4-9,14,20H,10-13,15H2,1-3H3,(H2,23,24,27). The monoisotopic (exact) mass is 399 g/mol. The molecule has 0 aliphatic carbocycles. The Morgan fingerprint density at radius 2 is 1.97 bits per heavy atom. The van der Waals surface area contributed by atoms with Crippen LogP contribution in [0.2, 0.25) is 0 Å².